The van der Waals surface area contributed by atoms with Gasteiger partial charge in [-0.05, 0) is 15.4 Å². The summed E-state index contributed by atoms with van der Waals surface area (Å²) in [5.74, 6) is -0.469. The van der Waals surface area contributed by atoms with E-state index in [1.807, 2.05) is 32.9 Å². The zero-order chi connectivity index (χ0) is 23.2. The van der Waals surface area contributed by atoms with Crippen LogP contribution in [0.4, 0.5) is 0 Å². The second-order valence-electron chi connectivity index (χ2n) is 9.89. The molecule has 31 heavy (non-hydrogen) atoms. The summed E-state index contributed by atoms with van der Waals surface area (Å²) in [6.45, 7) is 16.8. The molecule has 2 rings (SSSR count). The Bertz CT molecular complexity index is 761. The van der Waals surface area contributed by atoms with Gasteiger partial charge in [0.15, 0.2) is 0 Å². The lowest BCUT2D eigenvalue weighted by atomic mass is 9.84. The maximum atomic E-state index is 11.0. The van der Waals surface area contributed by atoms with Crippen molar-refractivity contribution in [1.29, 1.82) is 0 Å². The Hall–Kier alpha value is -1.72. The van der Waals surface area contributed by atoms with Crippen molar-refractivity contribution in [3.05, 3.63) is 73.3 Å². The van der Waals surface area contributed by atoms with Crippen LogP contribution in [-0.2, 0) is 4.43 Å². The summed E-state index contributed by atoms with van der Waals surface area (Å²) in [6, 6.07) is 21.0. The van der Waals surface area contributed by atoms with Crippen LogP contribution >= 0.6 is 0 Å². The van der Waals surface area contributed by atoms with Gasteiger partial charge in [-0.3, -0.25) is 0 Å². The van der Waals surface area contributed by atoms with Crippen molar-refractivity contribution >= 4 is 18.7 Å². The summed E-state index contributed by atoms with van der Waals surface area (Å²) in [7, 11) is -2.64. The highest BCUT2D eigenvalue weighted by molar-refractivity contribution is 6.99. The van der Waals surface area contributed by atoms with Gasteiger partial charge in [0, 0.05) is 24.4 Å². The maximum absolute atomic E-state index is 11.0. The first-order valence-corrected chi connectivity index (χ1v) is 13.2. The van der Waals surface area contributed by atoms with Crippen molar-refractivity contribution in [2.24, 2.45) is 17.8 Å². The normalized spacial score (nSPS) is 17.4. The highest BCUT2D eigenvalue weighted by atomic mass is 28.4. The van der Waals surface area contributed by atoms with Gasteiger partial charge in [-0.25, -0.2) is 0 Å². The molecule has 0 amide bonds. The van der Waals surface area contributed by atoms with E-state index < -0.39 is 20.5 Å². The monoisotopic (exact) mass is 440 g/mol. The minimum Gasteiger partial charge on any atom is -0.407 e. The molecule has 2 aromatic rings. The quantitative estimate of drug-likeness (QED) is 0.426. The summed E-state index contributed by atoms with van der Waals surface area (Å²) < 4.78 is 6.94. The Balaban J connectivity index is 2.38. The fourth-order valence-electron chi connectivity index (χ4n) is 4.46. The largest absolute Gasteiger partial charge is 0.407 e. The first-order chi connectivity index (χ1) is 14.6. The van der Waals surface area contributed by atoms with Crippen molar-refractivity contribution < 1.29 is 14.6 Å². The van der Waals surface area contributed by atoms with Crippen LogP contribution in [0, 0.1) is 17.8 Å². The lowest BCUT2D eigenvalue weighted by molar-refractivity contribution is -0.0296. The summed E-state index contributed by atoms with van der Waals surface area (Å²) in [5, 5.41) is 23.9. The predicted octanol–water partition coefficient (Wildman–Crippen LogP) is 4.38. The topological polar surface area (TPSA) is 49.7 Å². The van der Waals surface area contributed by atoms with E-state index in [0.717, 1.165) is 0 Å². The Morgan fingerprint density at radius 3 is 1.71 bits per heavy atom. The van der Waals surface area contributed by atoms with Crippen molar-refractivity contribution in [2.45, 2.75) is 58.8 Å². The van der Waals surface area contributed by atoms with E-state index in [0.29, 0.717) is 6.61 Å². The number of hydrogen-bond donors (Lipinski definition) is 2. The molecule has 0 heterocycles. The van der Waals surface area contributed by atoms with Gasteiger partial charge in [-0.1, -0.05) is 108 Å². The Morgan fingerprint density at radius 1 is 0.871 bits per heavy atom. The van der Waals surface area contributed by atoms with E-state index in [-0.39, 0.29) is 22.8 Å². The van der Waals surface area contributed by atoms with Gasteiger partial charge < -0.3 is 14.6 Å². The zero-order valence-electron chi connectivity index (χ0n) is 20.0. The molecule has 0 spiro atoms. The molecule has 0 radical (unpaired) electrons. The molecule has 170 valence electrons. The zero-order valence-corrected chi connectivity index (χ0v) is 21.0. The van der Waals surface area contributed by atoms with Gasteiger partial charge in [-0.2, -0.15) is 0 Å². The smallest absolute Gasteiger partial charge is 0.261 e. The van der Waals surface area contributed by atoms with Crippen molar-refractivity contribution in [2.75, 3.05) is 6.61 Å². The summed E-state index contributed by atoms with van der Waals surface area (Å²) in [4.78, 5) is 0. The molecule has 2 N–H and O–H groups in total. The number of benzene rings is 2. The molecule has 0 aliphatic carbocycles. The minimum absolute atomic E-state index is 0.0746. The number of rotatable bonds is 10. The second-order valence-corrected chi connectivity index (χ2v) is 14.2. The molecule has 0 aliphatic rings. The molecule has 0 saturated carbocycles. The molecule has 0 bridgehead atoms. The van der Waals surface area contributed by atoms with E-state index in [1.165, 1.54) is 10.4 Å². The molecule has 3 nitrogen and oxygen atoms in total. The second kappa shape index (κ2) is 10.7. The van der Waals surface area contributed by atoms with E-state index >= 15 is 0 Å². The molecule has 0 fully saturated rings. The highest BCUT2D eigenvalue weighted by Crippen LogP contribution is 2.37. The van der Waals surface area contributed by atoms with Gasteiger partial charge >= 0.3 is 0 Å². The van der Waals surface area contributed by atoms with Crippen LogP contribution in [0.3, 0.4) is 0 Å². The standard InChI is InChI=1S/C27H40O3Si/c1-8-20(2)25(28)22(4)26(29)21(3)19-30-31(27(5,6)7,23-15-11-9-12-16-23)24-17-13-10-14-18-24/h8-18,20-22,25-26,28-29H,1,19H2,2-7H3/t20-,21+,22+,25-,26+/m0/s1. The SMILES string of the molecule is C=C[C@H](C)[C@H](O)[C@@H](C)[C@H](O)[C@H](C)CO[Si](c1ccccc1)(c1ccccc1)C(C)(C)C. The van der Waals surface area contributed by atoms with Crippen LogP contribution in [0.5, 0.6) is 0 Å². The van der Waals surface area contributed by atoms with Crippen molar-refractivity contribution in [1.82, 2.24) is 0 Å². The van der Waals surface area contributed by atoms with E-state index in [4.69, 9.17) is 4.43 Å². The molecular formula is C27H40O3Si. The average molecular weight is 441 g/mol. The summed E-state index contributed by atoms with van der Waals surface area (Å²) >= 11 is 0. The summed E-state index contributed by atoms with van der Waals surface area (Å²) in [6.07, 6.45) is 0.427. The Labute approximate surface area is 189 Å². The lowest BCUT2D eigenvalue weighted by Gasteiger charge is -2.44. The Morgan fingerprint density at radius 2 is 1.32 bits per heavy atom. The van der Waals surface area contributed by atoms with Crippen molar-refractivity contribution in [3.63, 3.8) is 0 Å². The van der Waals surface area contributed by atoms with Crippen LogP contribution in [0.2, 0.25) is 5.04 Å². The third kappa shape index (κ3) is 5.56. The first-order valence-electron chi connectivity index (χ1n) is 11.3. The molecular weight excluding hydrogens is 400 g/mol. The average Bonchev–Trinajstić information content (AvgIpc) is 2.77. The van der Waals surface area contributed by atoms with Gasteiger partial charge in [0.25, 0.3) is 8.32 Å². The predicted molar refractivity (Wildman–Crippen MR) is 133 cm³/mol. The molecule has 4 heteroatoms. The molecule has 2 aromatic carbocycles. The van der Waals surface area contributed by atoms with Crippen LogP contribution in [0.25, 0.3) is 0 Å². The number of hydrogen-bond acceptors (Lipinski definition) is 3. The third-order valence-corrected chi connectivity index (χ3v) is 11.6. The molecule has 0 aromatic heterocycles. The summed E-state index contributed by atoms with van der Waals surface area (Å²) in [5.41, 5.74) is 0. The van der Waals surface area contributed by atoms with Crippen LogP contribution < -0.4 is 10.4 Å². The maximum Gasteiger partial charge on any atom is 0.261 e. The van der Waals surface area contributed by atoms with Crippen molar-refractivity contribution in [3.8, 4) is 0 Å². The lowest BCUT2D eigenvalue weighted by Crippen LogP contribution is -2.67. The first kappa shape index (κ1) is 25.5. The minimum atomic E-state index is -2.64. The fraction of sp³-hybridized carbons (Fsp3) is 0.481. The molecule has 0 aliphatic heterocycles. The van der Waals surface area contributed by atoms with E-state index in [9.17, 15) is 10.2 Å². The van der Waals surface area contributed by atoms with E-state index in [1.54, 1.807) is 6.08 Å². The van der Waals surface area contributed by atoms with E-state index in [2.05, 4.69) is 75.9 Å². The fourth-order valence-corrected chi connectivity index (χ4v) is 9.12. The van der Waals surface area contributed by atoms with Crippen LogP contribution in [-0.4, -0.2) is 37.3 Å². The van der Waals surface area contributed by atoms with Crippen LogP contribution in [0.15, 0.2) is 73.3 Å². The highest BCUT2D eigenvalue weighted by Gasteiger charge is 2.50. The molecule has 0 saturated heterocycles. The third-order valence-electron chi connectivity index (χ3n) is 6.55. The molecule has 0 unspecified atom stereocenters. The van der Waals surface area contributed by atoms with Crippen LogP contribution in [0.1, 0.15) is 41.5 Å². The number of aliphatic hydroxyl groups is 2. The van der Waals surface area contributed by atoms with Gasteiger partial charge in [0.05, 0.1) is 12.2 Å². The van der Waals surface area contributed by atoms with Gasteiger partial charge in [-0.15, -0.1) is 6.58 Å². The Kier molecular flexibility index (Phi) is 8.84. The number of aliphatic hydroxyl groups excluding tert-OH is 2. The van der Waals surface area contributed by atoms with Gasteiger partial charge in [0.2, 0.25) is 0 Å². The van der Waals surface area contributed by atoms with Gasteiger partial charge in [0.1, 0.15) is 0 Å². The molecule has 5 atom stereocenters.